The molecule has 0 fully saturated rings. The van der Waals surface area contributed by atoms with Crippen LogP contribution in [0.2, 0.25) is 0 Å². The van der Waals surface area contributed by atoms with Gasteiger partial charge in [0.1, 0.15) is 0 Å². The maximum atomic E-state index is 11.8. The number of hydrogen-bond donors (Lipinski definition) is 2. The van der Waals surface area contributed by atoms with Gasteiger partial charge < -0.3 is 14.0 Å². The molecule has 0 aliphatic heterocycles. The quantitative estimate of drug-likeness (QED) is 0.708. The number of benzene rings is 1. The van der Waals surface area contributed by atoms with Gasteiger partial charge in [0.15, 0.2) is 17.1 Å². The summed E-state index contributed by atoms with van der Waals surface area (Å²) >= 11 is 0. The van der Waals surface area contributed by atoms with Crippen LogP contribution < -0.4 is 5.32 Å². The van der Waals surface area contributed by atoms with E-state index in [0.29, 0.717) is 27.8 Å². The first-order valence-corrected chi connectivity index (χ1v) is 6.93. The standard InChI is InChI=1S/C15H14N4O5/c1-7-11(12(18-17-7)14(20)22-2)8-4-5-9-10(6-8)24-19-13(9)16-15(21)23-3/h4-6H,1-3H3,(H,17,18)(H,16,19,21). The maximum Gasteiger partial charge on any atom is 0.412 e. The summed E-state index contributed by atoms with van der Waals surface area (Å²) < 4.78 is 14.5. The summed E-state index contributed by atoms with van der Waals surface area (Å²) in [6.07, 6.45) is -0.645. The predicted molar refractivity (Wildman–Crippen MR) is 83.7 cm³/mol. The number of H-pyrrole nitrogens is 1. The molecule has 24 heavy (non-hydrogen) atoms. The molecule has 0 atom stereocenters. The smallest absolute Gasteiger partial charge is 0.412 e. The third-order valence-corrected chi connectivity index (χ3v) is 3.49. The van der Waals surface area contributed by atoms with E-state index in [1.54, 1.807) is 25.1 Å². The fraction of sp³-hybridized carbons (Fsp3) is 0.200. The highest BCUT2D eigenvalue weighted by Crippen LogP contribution is 2.31. The van der Waals surface area contributed by atoms with Crippen LogP contribution in [0, 0.1) is 6.92 Å². The minimum absolute atomic E-state index is 0.182. The van der Waals surface area contributed by atoms with Crippen molar-refractivity contribution in [3.63, 3.8) is 0 Å². The summed E-state index contributed by atoms with van der Waals surface area (Å²) in [5.41, 5.74) is 2.65. The van der Waals surface area contributed by atoms with E-state index in [4.69, 9.17) is 9.26 Å². The second-order valence-electron chi connectivity index (χ2n) is 4.92. The topological polar surface area (TPSA) is 119 Å². The number of aromatic amines is 1. The molecule has 1 amide bonds. The van der Waals surface area contributed by atoms with E-state index in [1.807, 2.05) is 0 Å². The number of aryl methyl sites for hydroxylation is 1. The lowest BCUT2D eigenvalue weighted by molar-refractivity contribution is 0.0595. The van der Waals surface area contributed by atoms with E-state index in [1.165, 1.54) is 14.2 Å². The highest BCUT2D eigenvalue weighted by atomic mass is 16.5. The Hall–Kier alpha value is -3.36. The number of carbonyl (C=O) groups excluding carboxylic acids is 2. The van der Waals surface area contributed by atoms with E-state index < -0.39 is 12.1 Å². The lowest BCUT2D eigenvalue weighted by Gasteiger charge is -2.03. The molecule has 2 N–H and O–H groups in total. The van der Waals surface area contributed by atoms with Gasteiger partial charge >= 0.3 is 12.1 Å². The predicted octanol–water partition coefficient (Wildman–Crippen LogP) is 2.49. The molecule has 0 unspecified atom stereocenters. The van der Waals surface area contributed by atoms with E-state index in [-0.39, 0.29) is 11.5 Å². The molecule has 9 nitrogen and oxygen atoms in total. The number of nitrogens with one attached hydrogen (secondary N) is 2. The SMILES string of the molecule is COC(=O)Nc1noc2cc(-c3c(C(=O)OC)n[nH]c3C)ccc12. The fourth-order valence-electron chi connectivity index (χ4n) is 2.36. The van der Waals surface area contributed by atoms with Crippen LogP contribution in [0.15, 0.2) is 22.7 Å². The fourth-order valence-corrected chi connectivity index (χ4v) is 2.36. The zero-order valence-electron chi connectivity index (χ0n) is 13.2. The molecule has 2 heterocycles. The molecule has 124 valence electrons. The van der Waals surface area contributed by atoms with Crippen LogP contribution in [0.5, 0.6) is 0 Å². The Balaban J connectivity index is 2.05. The lowest BCUT2D eigenvalue weighted by atomic mass is 10.0. The molecule has 0 spiro atoms. The third-order valence-electron chi connectivity index (χ3n) is 3.49. The Bertz CT molecular complexity index is 927. The number of carbonyl (C=O) groups is 2. The Morgan fingerprint density at radius 2 is 2.04 bits per heavy atom. The summed E-state index contributed by atoms with van der Waals surface area (Å²) in [6, 6.07) is 5.20. The van der Waals surface area contributed by atoms with E-state index in [2.05, 4.69) is 25.4 Å². The van der Waals surface area contributed by atoms with Crippen molar-refractivity contribution < 1.29 is 23.6 Å². The molecule has 0 aliphatic carbocycles. The van der Waals surface area contributed by atoms with Crippen molar-refractivity contribution >= 4 is 28.8 Å². The molecule has 0 saturated carbocycles. The minimum atomic E-state index is -0.645. The number of aromatic nitrogens is 3. The normalized spacial score (nSPS) is 10.6. The number of methoxy groups -OCH3 is 2. The van der Waals surface area contributed by atoms with Gasteiger partial charge in [-0.2, -0.15) is 5.10 Å². The van der Waals surface area contributed by atoms with Crippen LogP contribution in [-0.2, 0) is 9.47 Å². The van der Waals surface area contributed by atoms with Crippen LogP contribution >= 0.6 is 0 Å². The summed E-state index contributed by atoms with van der Waals surface area (Å²) in [5.74, 6) is -0.291. The van der Waals surface area contributed by atoms with Gasteiger partial charge in [-0.15, -0.1) is 0 Å². The van der Waals surface area contributed by atoms with Crippen LogP contribution in [0.25, 0.3) is 22.1 Å². The molecular weight excluding hydrogens is 316 g/mol. The van der Waals surface area contributed by atoms with Crippen molar-refractivity contribution in [3.05, 3.63) is 29.6 Å². The molecule has 0 radical (unpaired) electrons. The number of amides is 1. The van der Waals surface area contributed by atoms with Gasteiger partial charge in [0.25, 0.3) is 0 Å². The number of fused-ring (bicyclic) bond motifs is 1. The summed E-state index contributed by atoms with van der Waals surface area (Å²) in [5, 5.41) is 13.6. The Morgan fingerprint density at radius 1 is 1.25 bits per heavy atom. The van der Waals surface area contributed by atoms with E-state index in [0.717, 1.165) is 0 Å². The first kappa shape index (κ1) is 15.5. The van der Waals surface area contributed by atoms with E-state index in [9.17, 15) is 9.59 Å². The van der Waals surface area contributed by atoms with Gasteiger partial charge in [0, 0.05) is 11.3 Å². The van der Waals surface area contributed by atoms with Gasteiger partial charge in [-0.05, 0) is 24.6 Å². The van der Waals surface area contributed by atoms with Crippen LogP contribution in [-0.4, -0.2) is 41.6 Å². The average Bonchev–Trinajstić information content (AvgIpc) is 3.17. The summed E-state index contributed by atoms with van der Waals surface area (Å²) in [7, 11) is 2.55. The first-order chi connectivity index (χ1) is 11.5. The van der Waals surface area contributed by atoms with Gasteiger partial charge in [-0.25, -0.2) is 9.59 Å². The number of ether oxygens (including phenoxy) is 2. The van der Waals surface area contributed by atoms with Gasteiger partial charge in [0.05, 0.1) is 19.6 Å². The highest BCUT2D eigenvalue weighted by molar-refractivity contribution is 6.00. The second-order valence-corrected chi connectivity index (χ2v) is 4.92. The van der Waals surface area contributed by atoms with Crippen molar-refractivity contribution in [1.29, 1.82) is 0 Å². The van der Waals surface area contributed by atoms with Crippen molar-refractivity contribution in [2.75, 3.05) is 19.5 Å². The summed E-state index contributed by atoms with van der Waals surface area (Å²) in [6.45, 7) is 1.80. The van der Waals surface area contributed by atoms with Crippen molar-refractivity contribution in [3.8, 4) is 11.1 Å². The van der Waals surface area contributed by atoms with Crippen molar-refractivity contribution in [2.45, 2.75) is 6.92 Å². The molecule has 3 aromatic rings. The van der Waals surface area contributed by atoms with Crippen molar-refractivity contribution in [1.82, 2.24) is 15.4 Å². The molecule has 9 heteroatoms. The molecule has 0 saturated heterocycles. The van der Waals surface area contributed by atoms with Crippen LogP contribution in [0.4, 0.5) is 10.6 Å². The molecular formula is C15H14N4O5. The Kier molecular flexibility index (Phi) is 3.90. The average molecular weight is 330 g/mol. The zero-order chi connectivity index (χ0) is 17.3. The monoisotopic (exact) mass is 330 g/mol. The molecule has 0 bridgehead atoms. The van der Waals surface area contributed by atoms with Crippen LogP contribution in [0.3, 0.4) is 0 Å². The molecule has 1 aromatic carbocycles. The maximum absolute atomic E-state index is 11.8. The number of anilines is 1. The second kappa shape index (κ2) is 6.03. The number of rotatable bonds is 3. The lowest BCUT2D eigenvalue weighted by Crippen LogP contribution is -2.11. The minimum Gasteiger partial charge on any atom is -0.464 e. The third kappa shape index (κ3) is 2.56. The zero-order valence-corrected chi connectivity index (χ0v) is 13.2. The molecule has 0 aliphatic rings. The number of esters is 1. The molecule has 3 rings (SSSR count). The van der Waals surface area contributed by atoms with E-state index >= 15 is 0 Å². The van der Waals surface area contributed by atoms with Gasteiger partial charge in [-0.1, -0.05) is 11.2 Å². The largest absolute Gasteiger partial charge is 0.464 e. The summed E-state index contributed by atoms with van der Waals surface area (Å²) in [4.78, 5) is 23.1. The molecule has 2 aromatic heterocycles. The van der Waals surface area contributed by atoms with Gasteiger partial charge in [0.2, 0.25) is 0 Å². The van der Waals surface area contributed by atoms with Gasteiger partial charge in [-0.3, -0.25) is 10.4 Å². The van der Waals surface area contributed by atoms with Crippen LogP contribution in [0.1, 0.15) is 16.2 Å². The Morgan fingerprint density at radius 3 is 2.75 bits per heavy atom. The number of hydrogen-bond acceptors (Lipinski definition) is 7. The Labute approximate surface area is 135 Å². The van der Waals surface area contributed by atoms with Crippen molar-refractivity contribution in [2.24, 2.45) is 0 Å². The highest BCUT2D eigenvalue weighted by Gasteiger charge is 2.21. The first-order valence-electron chi connectivity index (χ1n) is 6.93. The number of nitrogens with zero attached hydrogens (tertiary/aromatic N) is 2.